The fraction of sp³-hybridized carbons (Fsp3) is 0.294. The molecule has 4 heterocycles. The molecule has 0 saturated heterocycles. The summed E-state index contributed by atoms with van der Waals surface area (Å²) in [5, 5.41) is 8.70. The van der Waals surface area contributed by atoms with Crippen molar-refractivity contribution in [2.24, 2.45) is 0 Å². The summed E-state index contributed by atoms with van der Waals surface area (Å²) < 4.78 is 6.88. The fourth-order valence-corrected chi connectivity index (χ4v) is 5.12. The van der Waals surface area contributed by atoms with Gasteiger partial charge in [0.15, 0.2) is 0 Å². The van der Waals surface area contributed by atoms with Gasteiger partial charge in [0.25, 0.3) is 5.56 Å². The highest BCUT2D eigenvalue weighted by Gasteiger charge is 2.20. The maximum Gasteiger partial charge on any atom is 0.262 e. The van der Waals surface area contributed by atoms with Gasteiger partial charge in [-0.2, -0.15) is 16.3 Å². The molecule has 25 heavy (non-hydrogen) atoms. The summed E-state index contributed by atoms with van der Waals surface area (Å²) in [6.45, 7) is 0.240. The van der Waals surface area contributed by atoms with Crippen molar-refractivity contribution < 1.29 is 4.52 Å². The van der Waals surface area contributed by atoms with Crippen molar-refractivity contribution in [1.82, 2.24) is 19.7 Å². The molecule has 0 radical (unpaired) electrons. The summed E-state index contributed by atoms with van der Waals surface area (Å²) in [7, 11) is 0. The molecule has 0 bridgehead atoms. The van der Waals surface area contributed by atoms with Gasteiger partial charge >= 0.3 is 0 Å². The number of fused-ring (bicyclic) bond motifs is 3. The standard InChI is InChI=1S/C17H14N4O2S2/c22-17-14-11-3-1-2-4-12(11)25-16(14)18-9-21(17)7-13-19-15(20-23-13)10-5-6-24-8-10/h5-6,8-9H,1-4,7H2. The average molecular weight is 370 g/mol. The fourth-order valence-electron chi connectivity index (χ4n) is 3.27. The molecule has 0 unspecified atom stereocenters. The summed E-state index contributed by atoms with van der Waals surface area (Å²) in [5.41, 5.74) is 2.11. The molecule has 1 aliphatic carbocycles. The van der Waals surface area contributed by atoms with Crippen molar-refractivity contribution in [3.8, 4) is 11.4 Å². The normalized spacial score (nSPS) is 14.1. The molecular weight excluding hydrogens is 356 g/mol. The van der Waals surface area contributed by atoms with E-state index < -0.39 is 0 Å². The quantitative estimate of drug-likeness (QED) is 0.552. The van der Waals surface area contributed by atoms with E-state index in [0.29, 0.717) is 11.7 Å². The minimum Gasteiger partial charge on any atom is -0.337 e. The lowest BCUT2D eigenvalue weighted by Gasteiger charge is -2.10. The minimum absolute atomic E-state index is 0.0142. The second-order valence-electron chi connectivity index (χ2n) is 6.09. The van der Waals surface area contributed by atoms with E-state index in [0.717, 1.165) is 35.0 Å². The highest BCUT2D eigenvalue weighted by Crippen LogP contribution is 2.33. The van der Waals surface area contributed by atoms with Crippen molar-refractivity contribution in [3.05, 3.63) is 49.8 Å². The Morgan fingerprint density at radius 3 is 3.08 bits per heavy atom. The van der Waals surface area contributed by atoms with Gasteiger partial charge in [0.1, 0.15) is 11.4 Å². The Morgan fingerprint density at radius 1 is 1.28 bits per heavy atom. The highest BCUT2D eigenvalue weighted by molar-refractivity contribution is 7.18. The second kappa shape index (κ2) is 5.89. The first-order valence-electron chi connectivity index (χ1n) is 8.14. The van der Waals surface area contributed by atoms with E-state index in [9.17, 15) is 4.79 Å². The molecule has 0 N–H and O–H groups in total. The molecule has 6 nitrogen and oxygen atoms in total. The Bertz CT molecular complexity index is 1110. The first-order chi connectivity index (χ1) is 12.3. The van der Waals surface area contributed by atoms with Gasteiger partial charge in [-0.05, 0) is 42.7 Å². The van der Waals surface area contributed by atoms with E-state index in [1.807, 2.05) is 16.8 Å². The number of nitrogens with zero attached hydrogens (tertiary/aromatic N) is 4. The van der Waals surface area contributed by atoms with Gasteiger partial charge in [0, 0.05) is 15.8 Å². The van der Waals surface area contributed by atoms with Crippen LogP contribution in [0.15, 0.2) is 32.5 Å². The molecule has 0 atom stereocenters. The third-order valence-electron chi connectivity index (χ3n) is 4.49. The van der Waals surface area contributed by atoms with Crippen LogP contribution in [0, 0.1) is 0 Å². The number of aromatic nitrogens is 4. The lowest BCUT2D eigenvalue weighted by atomic mass is 9.97. The zero-order valence-corrected chi connectivity index (χ0v) is 14.9. The van der Waals surface area contributed by atoms with Crippen molar-refractivity contribution in [3.63, 3.8) is 0 Å². The van der Waals surface area contributed by atoms with E-state index in [1.54, 1.807) is 33.6 Å². The van der Waals surface area contributed by atoms with E-state index in [1.165, 1.54) is 16.9 Å². The van der Waals surface area contributed by atoms with E-state index in [2.05, 4.69) is 15.1 Å². The molecule has 4 aromatic rings. The van der Waals surface area contributed by atoms with E-state index in [-0.39, 0.29) is 12.1 Å². The third kappa shape index (κ3) is 2.52. The molecule has 1 aliphatic rings. The van der Waals surface area contributed by atoms with Crippen molar-refractivity contribution in [2.45, 2.75) is 32.2 Å². The van der Waals surface area contributed by atoms with Crippen LogP contribution in [0.2, 0.25) is 0 Å². The van der Waals surface area contributed by atoms with Gasteiger partial charge < -0.3 is 4.52 Å². The molecule has 0 spiro atoms. The predicted molar refractivity (Wildman–Crippen MR) is 97.2 cm³/mol. The monoisotopic (exact) mass is 370 g/mol. The number of hydrogen-bond acceptors (Lipinski definition) is 7. The maximum atomic E-state index is 12.9. The van der Waals surface area contributed by atoms with Crippen LogP contribution in [-0.4, -0.2) is 19.7 Å². The minimum atomic E-state index is -0.0142. The van der Waals surface area contributed by atoms with Gasteiger partial charge in [0.05, 0.1) is 11.7 Å². The molecule has 0 aliphatic heterocycles. The van der Waals surface area contributed by atoms with Gasteiger partial charge in [-0.25, -0.2) is 4.98 Å². The number of rotatable bonds is 3. The summed E-state index contributed by atoms with van der Waals surface area (Å²) >= 11 is 3.24. The molecule has 5 rings (SSSR count). The topological polar surface area (TPSA) is 73.8 Å². The summed E-state index contributed by atoms with van der Waals surface area (Å²) in [5.74, 6) is 0.958. The maximum absolute atomic E-state index is 12.9. The highest BCUT2D eigenvalue weighted by atomic mass is 32.1. The first kappa shape index (κ1) is 15.0. The van der Waals surface area contributed by atoms with Gasteiger partial charge in [-0.1, -0.05) is 5.16 Å². The Kier molecular flexibility index (Phi) is 3.53. The number of hydrogen-bond donors (Lipinski definition) is 0. The van der Waals surface area contributed by atoms with Crippen molar-refractivity contribution in [1.29, 1.82) is 0 Å². The van der Waals surface area contributed by atoms with Gasteiger partial charge in [-0.15, -0.1) is 11.3 Å². The Hall–Kier alpha value is -2.32. The van der Waals surface area contributed by atoms with Crippen LogP contribution in [0.3, 0.4) is 0 Å². The summed E-state index contributed by atoms with van der Waals surface area (Å²) in [6, 6.07) is 1.94. The lowest BCUT2D eigenvalue weighted by Crippen LogP contribution is -2.21. The largest absolute Gasteiger partial charge is 0.337 e. The van der Waals surface area contributed by atoms with Crippen LogP contribution in [0.1, 0.15) is 29.2 Å². The van der Waals surface area contributed by atoms with Crippen LogP contribution < -0.4 is 5.56 Å². The summed E-state index contributed by atoms with van der Waals surface area (Å²) in [4.78, 5) is 24.0. The molecule has 126 valence electrons. The third-order valence-corrected chi connectivity index (χ3v) is 6.38. The molecule has 0 fully saturated rings. The van der Waals surface area contributed by atoms with Crippen LogP contribution in [0.4, 0.5) is 0 Å². The predicted octanol–water partition coefficient (Wildman–Crippen LogP) is 3.50. The molecule has 8 heteroatoms. The van der Waals surface area contributed by atoms with Gasteiger partial charge in [-0.3, -0.25) is 9.36 Å². The molecule has 0 amide bonds. The number of aryl methyl sites for hydroxylation is 2. The van der Waals surface area contributed by atoms with E-state index in [4.69, 9.17) is 4.52 Å². The van der Waals surface area contributed by atoms with Crippen LogP contribution >= 0.6 is 22.7 Å². The van der Waals surface area contributed by atoms with Crippen molar-refractivity contribution >= 4 is 32.9 Å². The number of thiophene rings is 2. The molecule has 0 aromatic carbocycles. The zero-order valence-electron chi connectivity index (χ0n) is 13.3. The van der Waals surface area contributed by atoms with Crippen LogP contribution in [-0.2, 0) is 19.4 Å². The smallest absolute Gasteiger partial charge is 0.262 e. The zero-order chi connectivity index (χ0) is 16.8. The van der Waals surface area contributed by atoms with Crippen LogP contribution in [0.25, 0.3) is 21.6 Å². The SMILES string of the molecule is O=c1c2c3c(sc2ncn1Cc1nc(-c2ccsc2)no1)CCCC3. The second-order valence-corrected chi connectivity index (χ2v) is 7.96. The van der Waals surface area contributed by atoms with Crippen molar-refractivity contribution in [2.75, 3.05) is 0 Å². The lowest BCUT2D eigenvalue weighted by molar-refractivity contribution is 0.369. The van der Waals surface area contributed by atoms with E-state index >= 15 is 0 Å². The van der Waals surface area contributed by atoms with Crippen LogP contribution in [0.5, 0.6) is 0 Å². The molecule has 4 aromatic heterocycles. The molecule has 0 saturated carbocycles. The van der Waals surface area contributed by atoms with Gasteiger partial charge in [0.2, 0.25) is 11.7 Å². The Balaban J connectivity index is 1.53. The first-order valence-corrected chi connectivity index (χ1v) is 9.90. The Labute approximate surface area is 150 Å². The Morgan fingerprint density at radius 2 is 2.20 bits per heavy atom. The molecular formula is C17H14N4O2S2. The average Bonchev–Trinajstić information content (AvgIpc) is 3.36. The summed E-state index contributed by atoms with van der Waals surface area (Å²) in [6.07, 6.45) is 5.95.